The van der Waals surface area contributed by atoms with Crippen LogP contribution in [-0.2, 0) is 4.74 Å². The highest BCUT2D eigenvalue weighted by atomic mass is 16.5. The molecule has 2 rings (SSSR count). The van der Waals surface area contributed by atoms with E-state index in [2.05, 4.69) is 12.2 Å². The molecular weight excluding hydrogens is 126 g/mol. The van der Waals surface area contributed by atoms with Crippen molar-refractivity contribution in [3.05, 3.63) is 0 Å². The molecule has 1 aliphatic carbocycles. The van der Waals surface area contributed by atoms with E-state index in [1.807, 2.05) is 0 Å². The van der Waals surface area contributed by atoms with E-state index in [1.165, 1.54) is 25.7 Å². The average molecular weight is 141 g/mol. The molecule has 1 saturated heterocycles. The second-order valence-corrected chi connectivity index (χ2v) is 3.53. The Hall–Kier alpha value is -0.0800. The molecule has 1 heterocycles. The Kier molecular flexibility index (Phi) is 1.46. The van der Waals surface area contributed by atoms with Crippen molar-refractivity contribution < 1.29 is 4.74 Å². The average Bonchev–Trinajstić information content (AvgIpc) is 1.85. The van der Waals surface area contributed by atoms with Crippen LogP contribution in [-0.4, -0.2) is 18.4 Å². The Labute approximate surface area is 61.9 Å². The first kappa shape index (κ1) is 6.62. The van der Waals surface area contributed by atoms with Gasteiger partial charge in [0.25, 0.3) is 0 Å². The molecule has 1 aliphatic heterocycles. The summed E-state index contributed by atoms with van der Waals surface area (Å²) < 4.78 is 5.66. The zero-order valence-corrected chi connectivity index (χ0v) is 6.52. The summed E-state index contributed by atoms with van der Waals surface area (Å²) in [6.07, 6.45) is 4.94. The van der Waals surface area contributed by atoms with Crippen LogP contribution in [0.1, 0.15) is 32.6 Å². The molecule has 2 fully saturated rings. The molecule has 1 saturated carbocycles. The van der Waals surface area contributed by atoms with Gasteiger partial charge in [-0.05, 0) is 32.6 Å². The topological polar surface area (TPSA) is 21.3 Å². The molecule has 1 N–H and O–H groups in total. The summed E-state index contributed by atoms with van der Waals surface area (Å²) in [4.78, 5) is 0. The zero-order chi connectivity index (χ0) is 7.03. The fourth-order valence-electron chi connectivity index (χ4n) is 1.78. The third kappa shape index (κ3) is 0.956. The molecular formula is C8H15NO. The van der Waals surface area contributed by atoms with E-state index in [0.717, 1.165) is 6.61 Å². The predicted octanol–water partition coefficient (Wildman–Crippen LogP) is 1.26. The molecule has 10 heavy (non-hydrogen) atoms. The summed E-state index contributed by atoms with van der Waals surface area (Å²) in [5.74, 6) is 0. The lowest BCUT2D eigenvalue weighted by Crippen LogP contribution is -2.59. The van der Waals surface area contributed by atoms with E-state index in [1.54, 1.807) is 0 Å². The Balaban J connectivity index is 1.96. The van der Waals surface area contributed by atoms with Crippen molar-refractivity contribution in [3.63, 3.8) is 0 Å². The summed E-state index contributed by atoms with van der Waals surface area (Å²) in [5, 5.41) is 3.51. The van der Waals surface area contributed by atoms with Gasteiger partial charge >= 0.3 is 0 Å². The molecule has 1 atom stereocenters. The first-order valence-electron chi connectivity index (χ1n) is 4.22. The van der Waals surface area contributed by atoms with Gasteiger partial charge in [0.1, 0.15) is 5.72 Å². The van der Waals surface area contributed by atoms with Crippen molar-refractivity contribution >= 4 is 0 Å². The summed E-state index contributed by atoms with van der Waals surface area (Å²) >= 11 is 0. The maximum atomic E-state index is 5.66. The van der Waals surface area contributed by atoms with Gasteiger partial charge in [-0.2, -0.15) is 0 Å². The monoisotopic (exact) mass is 141 g/mol. The van der Waals surface area contributed by atoms with Crippen molar-refractivity contribution in [2.45, 2.75) is 44.4 Å². The van der Waals surface area contributed by atoms with Crippen molar-refractivity contribution in [1.82, 2.24) is 5.32 Å². The van der Waals surface area contributed by atoms with Crippen LogP contribution in [0.5, 0.6) is 0 Å². The molecule has 2 aliphatic rings. The van der Waals surface area contributed by atoms with Crippen LogP contribution in [0.3, 0.4) is 0 Å². The Morgan fingerprint density at radius 1 is 1.50 bits per heavy atom. The second-order valence-electron chi connectivity index (χ2n) is 3.53. The van der Waals surface area contributed by atoms with E-state index in [4.69, 9.17) is 4.74 Å². The van der Waals surface area contributed by atoms with Crippen LogP contribution in [0.25, 0.3) is 0 Å². The van der Waals surface area contributed by atoms with Crippen LogP contribution in [0.2, 0.25) is 0 Å². The zero-order valence-electron chi connectivity index (χ0n) is 6.52. The van der Waals surface area contributed by atoms with Crippen LogP contribution in [0.4, 0.5) is 0 Å². The molecule has 0 bridgehead atoms. The summed E-state index contributed by atoms with van der Waals surface area (Å²) in [7, 11) is 0. The van der Waals surface area contributed by atoms with Gasteiger partial charge in [0, 0.05) is 6.04 Å². The van der Waals surface area contributed by atoms with Gasteiger partial charge in [0.15, 0.2) is 0 Å². The third-order valence-electron chi connectivity index (χ3n) is 2.60. The standard InChI is InChI=1S/C8H15NO/c1-7-3-6-10-8(9-7)4-2-5-8/h7,9H,2-6H2,1H3. The van der Waals surface area contributed by atoms with Gasteiger partial charge in [0.2, 0.25) is 0 Å². The molecule has 0 aromatic heterocycles. The third-order valence-corrected chi connectivity index (χ3v) is 2.60. The molecule has 1 unspecified atom stereocenters. The van der Waals surface area contributed by atoms with Gasteiger partial charge in [0.05, 0.1) is 6.61 Å². The van der Waals surface area contributed by atoms with Crippen LogP contribution in [0, 0.1) is 0 Å². The highest BCUT2D eigenvalue weighted by Crippen LogP contribution is 2.35. The van der Waals surface area contributed by atoms with E-state index >= 15 is 0 Å². The molecule has 0 amide bonds. The molecule has 2 nitrogen and oxygen atoms in total. The summed E-state index contributed by atoms with van der Waals surface area (Å²) in [6, 6.07) is 0.661. The first-order chi connectivity index (χ1) is 4.81. The Morgan fingerprint density at radius 3 is 2.70 bits per heavy atom. The van der Waals surface area contributed by atoms with Gasteiger partial charge in [-0.3, -0.25) is 5.32 Å². The fraction of sp³-hybridized carbons (Fsp3) is 1.00. The molecule has 0 radical (unpaired) electrons. The normalized spacial score (nSPS) is 37.5. The molecule has 2 heteroatoms. The second kappa shape index (κ2) is 2.21. The highest BCUT2D eigenvalue weighted by molar-refractivity contribution is 4.91. The van der Waals surface area contributed by atoms with Gasteiger partial charge in [-0.1, -0.05) is 0 Å². The largest absolute Gasteiger partial charge is 0.361 e. The molecule has 58 valence electrons. The molecule has 1 spiro atoms. The number of ether oxygens (including phenoxy) is 1. The summed E-state index contributed by atoms with van der Waals surface area (Å²) in [5.41, 5.74) is 0.123. The van der Waals surface area contributed by atoms with E-state index < -0.39 is 0 Å². The quantitative estimate of drug-likeness (QED) is 0.548. The predicted molar refractivity (Wildman–Crippen MR) is 39.7 cm³/mol. The summed E-state index contributed by atoms with van der Waals surface area (Å²) in [6.45, 7) is 3.19. The van der Waals surface area contributed by atoms with Crippen LogP contribution < -0.4 is 5.32 Å². The smallest absolute Gasteiger partial charge is 0.119 e. The van der Waals surface area contributed by atoms with E-state index in [-0.39, 0.29) is 5.72 Å². The number of nitrogens with one attached hydrogen (secondary N) is 1. The first-order valence-corrected chi connectivity index (χ1v) is 4.22. The number of hydrogen-bond donors (Lipinski definition) is 1. The lowest BCUT2D eigenvalue weighted by molar-refractivity contribution is -0.154. The minimum Gasteiger partial charge on any atom is -0.361 e. The number of rotatable bonds is 0. The minimum absolute atomic E-state index is 0.123. The van der Waals surface area contributed by atoms with Gasteiger partial charge < -0.3 is 4.74 Å². The van der Waals surface area contributed by atoms with E-state index in [0.29, 0.717) is 6.04 Å². The van der Waals surface area contributed by atoms with Crippen molar-refractivity contribution in [3.8, 4) is 0 Å². The van der Waals surface area contributed by atoms with Crippen molar-refractivity contribution in [1.29, 1.82) is 0 Å². The number of hydrogen-bond acceptors (Lipinski definition) is 2. The maximum Gasteiger partial charge on any atom is 0.119 e. The van der Waals surface area contributed by atoms with Crippen LogP contribution >= 0.6 is 0 Å². The molecule has 0 aromatic rings. The molecule has 0 aromatic carbocycles. The van der Waals surface area contributed by atoms with Crippen molar-refractivity contribution in [2.24, 2.45) is 0 Å². The Morgan fingerprint density at radius 2 is 2.30 bits per heavy atom. The van der Waals surface area contributed by atoms with E-state index in [9.17, 15) is 0 Å². The maximum absolute atomic E-state index is 5.66. The van der Waals surface area contributed by atoms with Gasteiger partial charge in [-0.25, -0.2) is 0 Å². The lowest BCUT2D eigenvalue weighted by Gasteiger charge is -2.47. The van der Waals surface area contributed by atoms with Crippen molar-refractivity contribution in [2.75, 3.05) is 6.61 Å². The minimum atomic E-state index is 0.123. The Bertz CT molecular complexity index is 131. The van der Waals surface area contributed by atoms with Crippen LogP contribution in [0.15, 0.2) is 0 Å². The fourth-order valence-corrected chi connectivity index (χ4v) is 1.78. The SMILES string of the molecule is CC1CCOC2(CCC2)N1. The van der Waals surface area contributed by atoms with Gasteiger partial charge in [-0.15, -0.1) is 0 Å². The highest BCUT2D eigenvalue weighted by Gasteiger charge is 2.40. The lowest BCUT2D eigenvalue weighted by atomic mass is 9.86.